The molecular weight excluding hydrogens is 386 g/mol. The predicted octanol–water partition coefficient (Wildman–Crippen LogP) is 4.68. The van der Waals surface area contributed by atoms with E-state index in [-0.39, 0.29) is 4.90 Å². The molecule has 0 spiro atoms. The zero-order valence-electron chi connectivity index (χ0n) is 15.7. The zero-order valence-corrected chi connectivity index (χ0v) is 17.2. The van der Waals surface area contributed by atoms with Crippen molar-refractivity contribution < 1.29 is 13.0 Å². The molecule has 8 heteroatoms. The lowest BCUT2D eigenvalue weighted by atomic mass is 9.95. The van der Waals surface area contributed by atoms with E-state index in [0.717, 1.165) is 23.5 Å². The highest BCUT2D eigenvalue weighted by Gasteiger charge is 2.16. The fraction of sp³-hybridized carbons (Fsp3) is 0.474. The van der Waals surface area contributed by atoms with Crippen LogP contribution in [0.1, 0.15) is 50.3 Å². The number of aryl methyl sites for hydroxylation is 2. The number of anilines is 1. The van der Waals surface area contributed by atoms with Gasteiger partial charge in [0.15, 0.2) is 0 Å². The first kappa shape index (κ1) is 21.6. The van der Waals surface area contributed by atoms with Crippen LogP contribution in [-0.4, -0.2) is 29.0 Å². The number of aromatic nitrogens is 2. The maximum atomic E-state index is 10.5. The van der Waals surface area contributed by atoms with Gasteiger partial charge >= 0.3 is 0 Å². The van der Waals surface area contributed by atoms with Crippen molar-refractivity contribution in [3.63, 3.8) is 0 Å². The van der Waals surface area contributed by atoms with Crippen LogP contribution in [0, 0.1) is 6.92 Å². The SMILES string of the molecule is CCc1ncnc(NC2CCCCC2)c1Cl.Cc1ccc(S(=O)(=O)O)cc1. The van der Waals surface area contributed by atoms with Crippen LogP contribution in [0.2, 0.25) is 5.02 Å². The van der Waals surface area contributed by atoms with Crippen molar-refractivity contribution >= 4 is 27.5 Å². The zero-order chi connectivity index (χ0) is 19.9. The molecule has 1 aliphatic carbocycles. The second-order valence-corrected chi connectivity index (χ2v) is 8.40. The van der Waals surface area contributed by atoms with Crippen LogP contribution in [0.15, 0.2) is 35.5 Å². The summed E-state index contributed by atoms with van der Waals surface area (Å²) in [6, 6.07) is 6.52. The Kier molecular flexibility index (Phi) is 8.01. The number of hydrogen-bond donors (Lipinski definition) is 2. The van der Waals surface area contributed by atoms with Gasteiger partial charge in [-0.25, -0.2) is 9.97 Å². The van der Waals surface area contributed by atoms with Gasteiger partial charge in [-0.3, -0.25) is 4.55 Å². The Labute approximate surface area is 166 Å². The first-order valence-corrected chi connectivity index (χ1v) is 10.9. The number of nitrogens with one attached hydrogen (secondary N) is 1. The maximum Gasteiger partial charge on any atom is 0.294 e. The third kappa shape index (κ3) is 6.75. The third-order valence-electron chi connectivity index (χ3n) is 4.46. The van der Waals surface area contributed by atoms with E-state index < -0.39 is 10.1 Å². The molecule has 2 N–H and O–H groups in total. The molecule has 1 aromatic heterocycles. The summed E-state index contributed by atoms with van der Waals surface area (Å²) in [5.74, 6) is 0.806. The van der Waals surface area contributed by atoms with Gasteiger partial charge in [0, 0.05) is 6.04 Å². The van der Waals surface area contributed by atoms with Gasteiger partial charge in [0.1, 0.15) is 17.2 Å². The third-order valence-corrected chi connectivity index (χ3v) is 5.73. The molecule has 2 aromatic rings. The molecule has 0 bridgehead atoms. The molecular formula is C19H26ClN3O3S. The van der Waals surface area contributed by atoms with Gasteiger partial charge in [0.2, 0.25) is 0 Å². The van der Waals surface area contributed by atoms with Crippen molar-refractivity contribution in [3.05, 3.63) is 46.9 Å². The van der Waals surface area contributed by atoms with E-state index >= 15 is 0 Å². The maximum absolute atomic E-state index is 10.5. The van der Waals surface area contributed by atoms with Crippen LogP contribution in [0.25, 0.3) is 0 Å². The lowest BCUT2D eigenvalue weighted by Gasteiger charge is -2.23. The smallest absolute Gasteiger partial charge is 0.294 e. The molecule has 0 saturated heterocycles. The van der Waals surface area contributed by atoms with Crippen LogP contribution >= 0.6 is 11.6 Å². The summed E-state index contributed by atoms with van der Waals surface area (Å²) in [4.78, 5) is 8.33. The minimum absolute atomic E-state index is 0.0666. The van der Waals surface area contributed by atoms with Crippen molar-refractivity contribution in [1.29, 1.82) is 0 Å². The number of rotatable bonds is 4. The Bertz CT molecular complexity index is 836. The monoisotopic (exact) mass is 411 g/mol. The van der Waals surface area contributed by atoms with Gasteiger partial charge < -0.3 is 5.32 Å². The summed E-state index contributed by atoms with van der Waals surface area (Å²) in [7, 11) is -4.02. The molecule has 1 fully saturated rings. The standard InChI is InChI=1S/C12H18ClN3.C7H8O3S/c1-2-10-11(13)12(15-8-14-10)16-9-6-4-3-5-7-9;1-6-2-4-7(5-3-6)11(8,9)10/h8-9H,2-7H2,1H3,(H,14,15,16);2-5H,1H3,(H,8,9,10). The molecule has 0 amide bonds. The van der Waals surface area contributed by atoms with E-state index in [1.165, 1.54) is 44.2 Å². The molecule has 27 heavy (non-hydrogen) atoms. The first-order valence-electron chi connectivity index (χ1n) is 9.11. The number of benzene rings is 1. The van der Waals surface area contributed by atoms with Crippen LogP contribution in [-0.2, 0) is 16.5 Å². The highest BCUT2D eigenvalue weighted by molar-refractivity contribution is 7.85. The van der Waals surface area contributed by atoms with Crippen LogP contribution in [0.5, 0.6) is 0 Å². The van der Waals surface area contributed by atoms with Gasteiger partial charge in [0.25, 0.3) is 10.1 Å². The second-order valence-electron chi connectivity index (χ2n) is 6.60. The molecule has 0 unspecified atom stereocenters. The summed E-state index contributed by atoms with van der Waals surface area (Å²) in [6.45, 7) is 3.90. The van der Waals surface area contributed by atoms with Crippen LogP contribution in [0.3, 0.4) is 0 Å². The van der Waals surface area contributed by atoms with E-state index in [9.17, 15) is 8.42 Å². The Morgan fingerprint density at radius 1 is 1.15 bits per heavy atom. The van der Waals surface area contributed by atoms with E-state index in [4.69, 9.17) is 16.2 Å². The molecule has 1 aliphatic rings. The van der Waals surface area contributed by atoms with E-state index in [1.54, 1.807) is 18.5 Å². The van der Waals surface area contributed by atoms with Gasteiger partial charge in [-0.05, 0) is 38.3 Å². The minimum atomic E-state index is -4.02. The fourth-order valence-corrected chi connectivity index (χ4v) is 3.67. The van der Waals surface area contributed by atoms with Gasteiger partial charge in [0.05, 0.1) is 10.6 Å². The molecule has 0 atom stereocenters. The molecule has 1 saturated carbocycles. The molecule has 0 aliphatic heterocycles. The molecule has 1 aromatic carbocycles. The van der Waals surface area contributed by atoms with Crippen LogP contribution in [0.4, 0.5) is 5.82 Å². The Morgan fingerprint density at radius 2 is 1.78 bits per heavy atom. The van der Waals surface area contributed by atoms with E-state index in [0.29, 0.717) is 11.1 Å². The average molecular weight is 412 g/mol. The van der Waals surface area contributed by atoms with Gasteiger partial charge in [-0.2, -0.15) is 8.42 Å². The van der Waals surface area contributed by atoms with Crippen molar-refractivity contribution in [3.8, 4) is 0 Å². The number of halogens is 1. The Hall–Kier alpha value is -1.70. The molecule has 3 rings (SSSR count). The number of hydrogen-bond acceptors (Lipinski definition) is 5. The Morgan fingerprint density at radius 3 is 2.33 bits per heavy atom. The fourth-order valence-electron chi connectivity index (χ4n) is 2.90. The Balaban J connectivity index is 0.000000208. The lowest BCUT2D eigenvalue weighted by Crippen LogP contribution is -2.23. The average Bonchev–Trinajstić information content (AvgIpc) is 2.64. The van der Waals surface area contributed by atoms with Gasteiger partial charge in [-0.1, -0.05) is 55.5 Å². The van der Waals surface area contributed by atoms with E-state index in [1.807, 2.05) is 6.92 Å². The minimum Gasteiger partial charge on any atom is -0.366 e. The second kappa shape index (κ2) is 10.0. The van der Waals surface area contributed by atoms with Crippen molar-refractivity contribution in [2.24, 2.45) is 0 Å². The topological polar surface area (TPSA) is 92.2 Å². The normalized spacial score (nSPS) is 15.0. The summed E-state index contributed by atoms with van der Waals surface area (Å²) in [5.41, 5.74) is 1.88. The van der Waals surface area contributed by atoms with Gasteiger partial charge in [-0.15, -0.1) is 0 Å². The van der Waals surface area contributed by atoms with Crippen molar-refractivity contribution in [2.45, 2.75) is 63.3 Å². The molecule has 148 valence electrons. The van der Waals surface area contributed by atoms with E-state index in [2.05, 4.69) is 22.2 Å². The summed E-state index contributed by atoms with van der Waals surface area (Å²) < 4.78 is 29.6. The lowest BCUT2D eigenvalue weighted by molar-refractivity contribution is 0.462. The summed E-state index contributed by atoms with van der Waals surface area (Å²) in [5, 5.41) is 4.13. The largest absolute Gasteiger partial charge is 0.366 e. The molecule has 6 nitrogen and oxygen atoms in total. The summed E-state index contributed by atoms with van der Waals surface area (Å²) >= 11 is 6.24. The number of nitrogens with zero attached hydrogens (tertiary/aromatic N) is 2. The predicted molar refractivity (Wildman–Crippen MR) is 108 cm³/mol. The molecule has 1 heterocycles. The van der Waals surface area contributed by atoms with Crippen LogP contribution < -0.4 is 5.32 Å². The quantitative estimate of drug-likeness (QED) is 0.709. The summed E-state index contributed by atoms with van der Waals surface area (Å²) in [6.07, 6.45) is 8.86. The highest BCUT2D eigenvalue weighted by Crippen LogP contribution is 2.26. The van der Waals surface area contributed by atoms with Crippen molar-refractivity contribution in [1.82, 2.24) is 9.97 Å². The molecule has 0 radical (unpaired) electrons. The first-order chi connectivity index (χ1) is 12.8. The highest BCUT2D eigenvalue weighted by atomic mass is 35.5. The van der Waals surface area contributed by atoms with Crippen molar-refractivity contribution in [2.75, 3.05) is 5.32 Å².